The number of methoxy groups -OCH3 is 1. The van der Waals surface area contributed by atoms with Crippen LogP contribution in [-0.4, -0.2) is 65.2 Å². The van der Waals surface area contributed by atoms with E-state index in [-0.39, 0.29) is 36.7 Å². The van der Waals surface area contributed by atoms with E-state index >= 15 is 0 Å². The van der Waals surface area contributed by atoms with Gasteiger partial charge in [0.05, 0.1) is 37.3 Å². The molecular formula is C22H28N2O6S. The van der Waals surface area contributed by atoms with Gasteiger partial charge in [-0.05, 0) is 49.2 Å². The van der Waals surface area contributed by atoms with Crippen LogP contribution in [0.3, 0.4) is 0 Å². The van der Waals surface area contributed by atoms with Crippen molar-refractivity contribution in [1.82, 2.24) is 9.62 Å². The lowest BCUT2D eigenvalue weighted by Gasteiger charge is -2.26. The topological polar surface area (TPSA) is 94.2 Å². The molecule has 0 saturated carbocycles. The average Bonchev–Trinajstić information content (AvgIpc) is 2.78. The predicted molar refractivity (Wildman–Crippen MR) is 116 cm³/mol. The van der Waals surface area contributed by atoms with Crippen molar-refractivity contribution >= 4 is 15.9 Å². The van der Waals surface area contributed by atoms with E-state index in [0.29, 0.717) is 19.0 Å². The zero-order valence-electron chi connectivity index (χ0n) is 18.0. The summed E-state index contributed by atoms with van der Waals surface area (Å²) in [6.45, 7) is 5.75. The highest BCUT2D eigenvalue weighted by molar-refractivity contribution is 7.89. The maximum atomic E-state index is 12.9. The van der Waals surface area contributed by atoms with Crippen molar-refractivity contribution in [2.24, 2.45) is 0 Å². The van der Waals surface area contributed by atoms with Gasteiger partial charge in [0, 0.05) is 13.1 Å². The van der Waals surface area contributed by atoms with Crippen LogP contribution in [0.15, 0.2) is 41.3 Å². The summed E-state index contributed by atoms with van der Waals surface area (Å²) in [7, 11) is -2.28. The Hall–Kier alpha value is -2.62. The van der Waals surface area contributed by atoms with E-state index in [9.17, 15) is 13.2 Å². The normalized spacial score (nSPS) is 14.8. The number of sulfonamides is 1. The van der Waals surface area contributed by atoms with Crippen LogP contribution >= 0.6 is 0 Å². The van der Waals surface area contributed by atoms with Crippen LogP contribution in [0.2, 0.25) is 0 Å². The maximum Gasteiger partial charge on any atom is 0.255 e. The van der Waals surface area contributed by atoms with E-state index in [4.69, 9.17) is 14.2 Å². The van der Waals surface area contributed by atoms with Crippen molar-refractivity contribution in [3.63, 3.8) is 0 Å². The first-order valence-electron chi connectivity index (χ1n) is 10.1. The molecule has 0 bridgehead atoms. The third-order valence-electron chi connectivity index (χ3n) is 5.01. The fourth-order valence-corrected chi connectivity index (χ4v) is 4.68. The van der Waals surface area contributed by atoms with E-state index in [1.165, 1.54) is 29.6 Å². The Balaban J connectivity index is 1.68. The van der Waals surface area contributed by atoms with Crippen LogP contribution < -0.4 is 14.8 Å². The molecule has 0 aromatic heterocycles. The second-order valence-electron chi connectivity index (χ2n) is 7.25. The van der Waals surface area contributed by atoms with Crippen LogP contribution in [0.5, 0.6) is 11.5 Å². The number of benzene rings is 2. The standard InChI is InChI=1S/C22H28N2O6S/c1-16-4-5-17(2)21(14-16)30-11-8-23-22(25)19-15-18(6-7-20(19)28-3)31(26,27)24-9-12-29-13-10-24/h4-7,14-15H,8-13H2,1-3H3,(H,23,25). The molecule has 9 heteroatoms. The quantitative estimate of drug-likeness (QED) is 0.622. The van der Waals surface area contributed by atoms with E-state index in [2.05, 4.69) is 5.32 Å². The van der Waals surface area contributed by atoms with Crippen LogP contribution in [-0.2, 0) is 14.8 Å². The van der Waals surface area contributed by atoms with Gasteiger partial charge in [-0.2, -0.15) is 4.31 Å². The number of hydrogen-bond donors (Lipinski definition) is 1. The Labute approximate surface area is 183 Å². The van der Waals surface area contributed by atoms with Crippen molar-refractivity contribution in [1.29, 1.82) is 0 Å². The lowest BCUT2D eigenvalue weighted by molar-refractivity contribution is 0.0730. The minimum absolute atomic E-state index is 0.0481. The molecule has 3 rings (SSSR count). The molecule has 168 valence electrons. The van der Waals surface area contributed by atoms with Gasteiger partial charge in [-0.1, -0.05) is 12.1 Å². The SMILES string of the molecule is COc1ccc(S(=O)(=O)N2CCOCC2)cc1C(=O)NCCOc1cc(C)ccc1C. The van der Waals surface area contributed by atoms with Gasteiger partial charge < -0.3 is 19.5 Å². The van der Waals surface area contributed by atoms with Gasteiger partial charge in [0.2, 0.25) is 10.0 Å². The molecule has 1 aliphatic heterocycles. The fourth-order valence-electron chi connectivity index (χ4n) is 3.24. The number of nitrogens with zero attached hydrogens (tertiary/aromatic N) is 1. The first kappa shape index (κ1) is 23.1. The molecule has 8 nitrogen and oxygen atoms in total. The predicted octanol–water partition coefficient (Wildman–Crippen LogP) is 2.14. The highest BCUT2D eigenvalue weighted by atomic mass is 32.2. The maximum absolute atomic E-state index is 12.9. The molecule has 1 N–H and O–H groups in total. The molecule has 0 spiro atoms. The Bertz CT molecular complexity index is 1030. The van der Waals surface area contributed by atoms with Crippen LogP contribution in [0.1, 0.15) is 21.5 Å². The zero-order valence-corrected chi connectivity index (χ0v) is 18.8. The summed E-state index contributed by atoms with van der Waals surface area (Å²) in [5.74, 6) is 0.639. The van der Waals surface area contributed by atoms with Crippen LogP contribution in [0.4, 0.5) is 0 Å². The monoisotopic (exact) mass is 448 g/mol. The van der Waals surface area contributed by atoms with Gasteiger partial charge in [-0.25, -0.2) is 8.42 Å². The Kier molecular flexibility index (Phi) is 7.53. The van der Waals surface area contributed by atoms with Crippen LogP contribution in [0.25, 0.3) is 0 Å². The van der Waals surface area contributed by atoms with Crippen molar-refractivity contribution in [2.45, 2.75) is 18.7 Å². The number of amides is 1. The van der Waals surface area contributed by atoms with Gasteiger partial charge in [0.25, 0.3) is 5.91 Å². The molecule has 0 atom stereocenters. The highest BCUT2D eigenvalue weighted by Gasteiger charge is 2.28. The smallest absolute Gasteiger partial charge is 0.255 e. The van der Waals surface area contributed by atoms with Crippen molar-refractivity contribution < 1.29 is 27.4 Å². The highest BCUT2D eigenvalue weighted by Crippen LogP contribution is 2.25. The molecular weight excluding hydrogens is 420 g/mol. The van der Waals surface area contributed by atoms with Gasteiger partial charge in [-0.15, -0.1) is 0 Å². The van der Waals surface area contributed by atoms with Crippen molar-refractivity contribution in [3.05, 3.63) is 53.1 Å². The Morgan fingerprint density at radius 3 is 2.55 bits per heavy atom. The van der Waals surface area contributed by atoms with E-state index in [1.807, 2.05) is 32.0 Å². The molecule has 2 aromatic carbocycles. The number of rotatable bonds is 8. The summed E-state index contributed by atoms with van der Waals surface area (Å²) >= 11 is 0. The number of ether oxygens (including phenoxy) is 3. The molecule has 2 aromatic rings. The lowest BCUT2D eigenvalue weighted by atomic mass is 10.1. The van der Waals surface area contributed by atoms with Gasteiger partial charge >= 0.3 is 0 Å². The average molecular weight is 449 g/mol. The molecule has 1 fully saturated rings. The Morgan fingerprint density at radius 2 is 1.84 bits per heavy atom. The Morgan fingerprint density at radius 1 is 1.10 bits per heavy atom. The minimum atomic E-state index is -3.72. The van der Waals surface area contributed by atoms with Gasteiger partial charge in [0.1, 0.15) is 18.1 Å². The molecule has 0 unspecified atom stereocenters. The van der Waals surface area contributed by atoms with Gasteiger partial charge in [-0.3, -0.25) is 4.79 Å². The molecule has 31 heavy (non-hydrogen) atoms. The number of aryl methyl sites for hydroxylation is 2. The van der Waals surface area contributed by atoms with Gasteiger partial charge in [0.15, 0.2) is 0 Å². The first-order valence-corrected chi connectivity index (χ1v) is 11.5. The van der Waals surface area contributed by atoms with E-state index in [0.717, 1.165) is 16.9 Å². The number of morpholine rings is 1. The van der Waals surface area contributed by atoms with Crippen molar-refractivity contribution in [2.75, 3.05) is 46.6 Å². The summed E-state index contributed by atoms with van der Waals surface area (Å²) in [5, 5.41) is 2.76. The summed E-state index contributed by atoms with van der Waals surface area (Å²) in [5.41, 5.74) is 2.26. The number of nitrogens with one attached hydrogen (secondary N) is 1. The summed E-state index contributed by atoms with van der Waals surface area (Å²) in [6.07, 6.45) is 0. The van der Waals surface area contributed by atoms with Crippen LogP contribution in [0, 0.1) is 13.8 Å². The summed E-state index contributed by atoms with van der Waals surface area (Å²) in [6, 6.07) is 10.2. The van der Waals surface area contributed by atoms with E-state index in [1.54, 1.807) is 0 Å². The number of hydrogen-bond acceptors (Lipinski definition) is 6. The lowest BCUT2D eigenvalue weighted by Crippen LogP contribution is -2.40. The minimum Gasteiger partial charge on any atom is -0.496 e. The third kappa shape index (κ3) is 5.55. The summed E-state index contributed by atoms with van der Waals surface area (Å²) in [4.78, 5) is 12.8. The molecule has 1 saturated heterocycles. The third-order valence-corrected chi connectivity index (χ3v) is 6.91. The fraction of sp³-hybridized carbons (Fsp3) is 0.409. The molecule has 1 amide bonds. The first-order chi connectivity index (χ1) is 14.8. The molecule has 0 radical (unpaired) electrons. The number of carbonyl (C=O) groups is 1. The molecule has 1 heterocycles. The zero-order chi connectivity index (χ0) is 22.4. The van der Waals surface area contributed by atoms with Crippen molar-refractivity contribution in [3.8, 4) is 11.5 Å². The largest absolute Gasteiger partial charge is 0.496 e. The summed E-state index contributed by atoms with van der Waals surface area (Å²) < 4.78 is 43.4. The molecule has 1 aliphatic rings. The number of carbonyl (C=O) groups excluding carboxylic acids is 1. The molecule has 0 aliphatic carbocycles. The second kappa shape index (κ2) is 10.1. The second-order valence-corrected chi connectivity index (χ2v) is 9.19. The van der Waals surface area contributed by atoms with E-state index < -0.39 is 15.9 Å².